The zero-order chi connectivity index (χ0) is 33.9. The van der Waals surface area contributed by atoms with Crippen LogP contribution < -0.4 is 5.32 Å². The molecule has 12 nitrogen and oxygen atoms in total. The monoisotopic (exact) mass is 662 g/mol. The minimum atomic E-state index is -5.08. The highest BCUT2D eigenvalue weighted by Gasteiger charge is 2.39. The number of hydrogen-bond acceptors (Lipinski definition) is 8. The SMILES string of the molecule is O=C(NCCN1CCOCC1)c1nc(C2CCCN2Cc2ccccn2)n2ccccc12.O=C(O)C(F)(F)F.O=C(O)C(F)(F)F. The summed E-state index contributed by atoms with van der Waals surface area (Å²) in [5.41, 5.74) is 2.42. The topological polar surface area (TPSA) is 150 Å². The lowest BCUT2D eigenvalue weighted by molar-refractivity contribution is -0.193. The number of carbonyl (C=O) groups excluding carboxylic acids is 1. The molecule has 3 N–H and O–H groups in total. The number of imidazole rings is 1. The molecule has 0 spiro atoms. The predicted molar refractivity (Wildman–Crippen MR) is 149 cm³/mol. The van der Waals surface area contributed by atoms with E-state index < -0.39 is 24.3 Å². The molecule has 3 aromatic heterocycles. The summed E-state index contributed by atoms with van der Waals surface area (Å²) in [6.45, 7) is 6.59. The van der Waals surface area contributed by atoms with Crippen LogP contribution in [-0.2, 0) is 20.9 Å². The van der Waals surface area contributed by atoms with Crippen LogP contribution in [0.15, 0.2) is 48.8 Å². The Labute approximate surface area is 258 Å². The smallest absolute Gasteiger partial charge is 0.475 e. The lowest BCUT2D eigenvalue weighted by Crippen LogP contribution is -2.41. The van der Waals surface area contributed by atoms with E-state index in [1.165, 1.54) is 0 Å². The molecule has 46 heavy (non-hydrogen) atoms. The van der Waals surface area contributed by atoms with Crippen molar-refractivity contribution < 1.29 is 55.7 Å². The number of hydrogen-bond donors (Lipinski definition) is 3. The van der Waals surface area contributed by atoms with Crippen molar-refractivity contribution in [2.24, 2.45) is 0 Å². The third kappa shape index (κ3) is 10.7. The lowest BCUT2D eigenvalue weighted by atomic mass is 10.2. The number of amides is 1. The van der Waals surface area contributed by atoms with Crippen LogP contribution in [-0.4, -0.2) is 111 Å². The van der Waals surface area contributed by atoms with E-state index in [4.69, 9.17) is 29.5 Å². The Morgan fingerprint density at radius 3 is 2.15 bits per heavy atom. The summed E-state index contributed by atoms with van der Waals surface area (Å²) in [4.78, 5) is 45.0. The Balaban J connectivity index is 0.000000345. The second-order valence-corrected chi connectivity index (χ2v) is 10.0. The largest absolute Gasteiger partial charge is 0.490 e. The first-order valence-electron chi connectivity index (χ1n) is 14.0. The maximum Gasteiger partial charge on any atom is 0.490 e. The molecule has 0 radical (unpaired) electrons. The van der Waals surface area contributed by atoms with Gasteiger partial charge in [0.1, 0.15) is 5.82 Å². The summed E-state index contributed by atoms with van der Waals surface area (Å²) in [6.07, 6.45) is -4.18. The number of nitrogens with zero attached hydrogens (tertiary/aromatic N) is 5. The van der Waals surface area contributed by atoms with E-state index in [1.54, 1.807) is 0 Å². The fourth-order valence-corrected chi connectivity index (χ4v) is 4.71. The Hall–Kier alpha value is -4.29. The molecule has 0 bridgehead atoms. The van der Waals surface area contributed by atoms with Crippen LogP contribution in [0.3, 0.4) is 0 Å². The van der Waals surface area contributed by atoms with Crippen LogP contribution in [0.1, 0.15) is 40.9 Å². The van der Waals surface area contributed by atoms with Crippen LogP contribution in [0.5, 0.6) is 0 Å². The zero-order valence-corrected chi connectivity index (χ0v) is 24.3. The van der Waals surface area contributed by atoms with E-state index in [0.29, 0.717) is 12.2 Å². The molecule has 18 heteroatoms. The van der Waals surface area contributed by atoms with Crippen LogP contribution >= 0.6 is 0 Å². The van der Waals surface area contributed by atoms with Crippen molar-refractivity contribution in [1.29, 1.82) is 0 Å². The highest BCUT2D eigenvalue weighted by atomic mass is 19.4. The van der Waals surface area contributed by atoms with Gasteiger partial charge in [-0.15, -0.1) is 0 Å². The van der Waals surface area contributed by atoms with Gasteiger partial charge in [0.2, 0.25) is 0 Å². The Bertz CT molecular complexity index is 1420. The van der Waals surface area contributed by atoms with Crippen molar-refractivity contribution in [2.45, 2.75) is 37.8 Å². The van der Waals surface area contributed by atoms with Gasteiger partial charge in [-0.1, -0.05) is 12.1 Å². The van der Waals surface area contributed by atoms with Crippen molar-refractivity contribution in [3.63, 3.8) is 0 Å². The number of carbonyl (C=O) groups is 3. The van der Waals surface area contributed by atoms with Gasteiger partial charge in [-0.25, -0.2) is 14.6 Å². The van der Waals surface area contributed by atoms with Gasteiger partial charge in [0.15, 0.2) is 5.69 Å². The number of halogens is 6. The molecule has 5 heterocycles. The number of rotatable bonds is 7. The van der Waals surface area contributed by atoms with E-state index in [0.717, 1.165) is 75.8 Å². The average molecular weight is 663 g/mol. The Morgan fingerprint density at radius 2 is 1.57 bits per heavy atom. The molecule has 2 fully saturated rings. The maximum atomic E-state index is 13.0. The number of morpholine rings is 1. The Kier molecular flexibility index (Phi) is 12.8. The number of aliphatic carboxylic acids is 2. The number of nitrogens with one attached hydrogen (secondary N) is 1. The van der Waals surface area contributed by atoms with E-state index in [1.807, 2.05) is 42.7 Å². The number of aromatic nitrogens is 3. The molecular formula is C28H32F6N6O6. The van der Waals surface area contributed by atoms with Gasteiger partial charge < -0.3 is 24.7 Å². The van der Waals surface area contributed by atoms with Crippen LogP contribution in [0.4, 0.5) is 26.3 Å². The molecule has 252 valence electrons. The summed E-state index contributed by atoms with van der Waals surface area (Å²) in [6, 6.07) is 12.1. The van der Waals surface area contributed by atoms with Crippen molar-refractivity contribution in [3.8, 4) is 0 Å². The van der Waals surface area contributed by atoms with Gasteiger partial charge in [-0.2, -0.15) is 26.3 Å². The molecule has 3 aromatic rings. The highest BCUT2D eigenvalue weighted by Crippen LogP contribution is 2.33. The van der Waals surface area contributed by atoms with Crippen LogP contribution in [0, 0.1) is 0 Å². The second-order valence-electron chi connectivity index (χ2n) is 10.0. The predicted octanol–water partition coefficient (Wildman–Crippen LogP) is 3.40. The second kappa shape index (κ2) is 16.3. The number of carboxylic acid groups (broad SMARTS) is 2. The maximum absolute atomic E-state index is 13.0. The van der Waals surface area contributed by atoms with E-state index in [9.17, 15) is 31.1 Å². The van der Waals surface area contributed by atoms with Gasteiger partial charge >= 0.3 is 24.3 Å². The molecule has 0 saturated carbocycles. The van der Waals surface area contributed by atoms with Crippen LogP contribution in [0.2, 0.25) is 0 Å². The molecule has 1 unspecified atom stereocenters. The fraction of sp³-hybridized carbons (Fsp3) is 0.464. The van der Waals surface area contributed by atoms with E-state index in [2.05, 4.69) is 30.6 Å². The molecule has 2 aliphatic rings. The van der Waals surface area contributed by atoms with Gasteiger partial charge in [0, 0.05) is 45.1 Å². The van der Waals surface area contributed by atoms with Gasteiger partial charge in [0.25, 0.3) is 5.91 Å². The number of pyridine rings is 2. The highest BCUT2D eigenvalue weighted by molar-refractivity contribution is 5.99. The number of fused-ring (bicyclic) bond motifs is 1. The quantitative estimate of drug-likeness (QED) is 0.322. The summed E-state index contributed by atoms with van der Waals surface area (Å²) < 4.78 is 70.9. The number of ether oxygens (including phenoxy) is 1. The van der Waals surface area contributed by atoms with Crippen molar-refractivity contribution in [1.82, 2.24) is 29.5 Å². The molecule has 0 aliphatic carbocycles. The van der Waals surface area contributed by atoms with Crippen molar-refractivity contribution in [3.05, 3.63) is 66.0 Å². The normalized spacial score (nSPS) is 17.4. The zero-order valence-electron chi connectivity index (χ0n) is 24.3. The molecule has 0 aromatic carbocycles. The van der Waals surface area contributed by atoms with Gasteiger partial charge in [0.05, 0.1) is 30.5 Å². The lowest BCUT2D eigenvalue weighted by Gasteiger charge is -2.26. The third-order valence-electron chi connectivity index (χ3n) is 6.85. The van der Waals surface area contributed by atoms with Gasteiger partial charge in [-0.3, -0.25) is 19.6 Å². The number of likely N-dealkylation sites (tertiary alicyclic amines) is 1. The van der Waals surface area contributed by atoms with E-state index in [-0.39, 0.29) is 11.9 Å². The van der Waals surface area contributed by atoms with Crippen molar-refractivity contribution >= 4 is 23.4 Å². The molecule has 2 aliphatic heterocycles. The van der Waals surface area contributed by atoms with E-state index >= 15 is 0 Å². The number of carboxylic acids is 2. The fourth-order valence-electron chi connectivity index (χ4n) is 4.71. The van der Waals surface area contributed by atoms with Crippen LogP contribution in [0.25, 0.3) is 5.52 Å². The first kappa shape index (κ1) is 36.2. The standard InChI is InChI=1S/C24H30N6O2.2C2HF3O2/c31-24(26-10-13-28-14-16-32-17-15-28)22-20-7-2-4-12-30(20)23(27-22)21-8-5-11-29(21)18-19-6-1-3-9-25-19;2*3-2(4,5)1(6)7/h1-4,6-7,9,12,21H,5,8,10-11,13-18H2,(H,26,31);2*(H,6,7). The molecule has 1 atom stereocenters. The summed E-state index contributed by atoms with van der Waals surface area (Å²) in [5.74, 6) is -4.69. The first-order chi connectivity index (χ1) is 21.7. The van der Waals surface area contributed by atoms with Gasteiger partial charge in [-0.05, 0) is 43.7 Å². The minimum absolute atomic E-state index is 0.109. The Morgan fingerprint density at radius 1 is 0.935 bits per heavy atom. The third-order valence-corrected chi connectivity index (χ3v) is 6.85. The molecule has 1 amide bonds. The molecule has 5 rings (SSSR count). The summed E-state index contributed by atoms with van der Waals surface area (Å²) in [5, 5.41) is 17.3. The summed E-state index contributed by atoms with van der Waals surface area (Å²) in [7, 11) is 0. The first-order valence-corrected chi connectivity index (χ1v) is 14.0. The average Bonchev–Trinajstić information content (AvgIpc) is 3.62. The minimum Gasteiger partial charge on any atom is -0.475 e. The molecule has 2 saturated heterocycles. The number of alkyl halides is 6. The van der Waals surface area contributed by atoms with Crippen molar-refractivity contribution in [2.75, 3.05) is 45.9 Å². The summed E-state index contributed by atoms with van der Waals surface area (Å²) >= 11 is 0. The molecular weight excluding hydrogens is 630 g/mol.